The Hall–Kier alpha value is -1.48. The van der Waals surface area contributed by atoms with Crippen molar-refractivity contribution in [1.82, 2.24) is 4.98 Å². The smallest absolute Gasteiger partial charge is 0.0314 e. The van der Waals surface area contributed by atoms with E-state index in [1.807, 2.05) is 36.4 Å². The van der Waals surface area contributed by atoms with E-state index in [-0.39, 0.29) is 0 Å². The minimum atomic E-state index is 0.795. The number of hydrogen-bond acceptors (Lipinski definition) is 3. The molecule has 3 heteroatoms. The minimum Gasteiger partial charge on any atom is -0.399 e. The third kappa shape index (κ3) is 2.26. The Balaban J connectivity index is 2.16. The van der Waals surface area contributed by atoms with Crippen molar-refractivity contribution in [2.24, 2.45) is 0 Å². The quantitative estimate of drug-likeness (QED) is 0.761. The molecule has 0 aliphatic rings. The molecule has 2 N–H and O–H groups in total. The van der Waals surface area contributed by atoms with Gasteiger partial charge in [-0.05, 0) is 36.4 Å². The summed E-state index contributed by atoms with van der Waals surface area (Å²) in [7, 11) is 0. The molecule has 0 unspecified atom stereocenters. The van der Waals surface area contributed by atoms with Crippen LogP contribution in [0, 0.1) is 0 Å². The summed E-state index contributed by atoms with van der Waals surface area (Å²) >= 11 is 1.70. The topological polar surface area (TPSA) is 38.9 Å². The molecule has 0 amide bonds. The summed E-state index contributed by atoms with van der Waals surface area (Å²) in [5.41, 5.74) is 6.40. The van der Waals surface area contributed by atoms with Crippen LogP contribution in [0.1, 0.15) is 0 Å². The molecule has 0 spiro atoms. The molecule has 0 aliphatic carbocycles. The second-order valence-corrected chi connectivity index (χ2v) is 4.00. The largest absolute Gasteiger partial charge is 0.399 e. The Morgan fingerprint density at radius 1 is 0.857 bits per heavy atom. The fraction of sp³-hybridized carbons (Fsp3) is 0. The average Bonchev–Trinajstić information content (AvgIpc) is 2.23. The van der Waals surface area contributed by atoms with E-state index in [4.69, 9.17) is 5.73 Å². The highest BCUT2D eigenvalue weighted by Crippen LogP contribution is 2.27. The number of benzene rings is 1. The predicted molar refractivity (Wildman–Crippen MR) is 59.2 cm³/mol. The fourth-order valence-corrected chi connectivity index (χ4v) is 1.88. The molecule has 0 atom stereocenters. The lowest BCUT2D eigenvalue weighted by Crippen LogP contribution is -1.82. The number of hydrogen-bond donors (Lipinski definition) is 1. The number of pyridine rings is 1. The summed E-state index contributed by atoms with van der Waals surface area (Å²) in [6.07, 6.45) is 3.58. The van der Waals surface area contributed by atoms with Gasteiger partial charge in [0.1, 0.15) is 0 Å². The van der Waals surface area contributed by atoms with Crippen LogP contribution in [0.15, 0.2) is 58.6 Å². The van der Waals surface area contributed by atoms with Crippen LogP contribution in [0.4, 0.5) is 5.69 Å². The van der Waals surface area contributed by atoms with Gasteiger partial charge in [0.25, 0.3) is 0 Å². The van der Waals surface area contributed by atoms with Crippen LogP contribution in [-0.2, 0) is 0 Å². The first kappa shape index (κ1) is 9.09. The van der Waals surface area contributed by atoms with Gasteiger partial charge in [-0.2, -0.15) is 0 Å². The van der Waals surface area contributed by atoms with Crippen molar-refractivity contribution in [2.75, 3.05) is 5.73 Å². The molecule has 1 heterocycles. The van der Waals surface area contributed by atoms with Gasteiger partial charge < -0.3 is 5.73 Å². The van der Waals surface area contributed by atoms with Gasteiger partial charge in [-0.15, -0.1) is 0 Å². The van der Waals surface area contributed by atoms with E-state index in [2.05, 4.69) is 4.98 Å². The summed E-state index contributed by atoms with van der Waals surface area (Å²) in [6, 6.07) is 11.8. The van der Waals surface area contributed by atoms with E-state index >= 15 is 0 Å². The number of anilines is 1. The van der Waals surface area contributed by atoms with Gasteiger partial charge in [0, 0.05) is 27.9 Å². The molecular formula is C11H10N2S. The van der Waals surface area contributed by atoms with Gasteiger partial charge >= 0.3 is 0 Å². The Morgan fingerprint density at radius 2 is 1.43 bits per heavy atom. The monoisotopic (exact) mass is 202 g/mol. The van der Waals surface area contributed by atoms with Crippen molar-refractivity contribution >= 4 is 17.4 Å². The first-order chi connectivity index (χ1) is 6.84. The third-order valence-electron chi connectivity index (χ3n) is 1.77. The number of nitrogens with two attached hydrogens (primary N) is 1. The highest BCUT2D eigenvalue weighted by atomic mass is 32.2. The zero-order valence-electron chi connectivity index (χ0n) is 7.55. The molecule has 1 aromatic heterocycles. The fourth-order valence-electron chi connectivity index (χ4n) is 1.08. The first-order valence-electron chi connectivity index (χ1n) is 4.28. The summed E-state index contributed by atoms with van der Waals surface area (Å²) in [5, 5.41) is 0. The first-order valence-corrected chi connectivity index (χ1v) is 5.10. The summed E-state index contributed by atoms with van der Waals surface area (Å²) in [6.45, 7) is 0. The zero-order valence-corrected chi connectivity index (χ0v) is 8.37. The van der Waals surface area contributed by atoms with Gasteiger partial charge in [0.05, 0.1) is 0 Å². The van der Waals surface area contributed by atoms with Crippen molar-refractivity contribution in [1.29, 1.82) is 0 Å². The molecule has 0 radical (unpaired) electrons. The van der Waals surface area contributed by atoms with Crippen LogP contribution < -0.4 is 5.73 Å². The zero-order chi connectivity index (χ0) is 9.80. The SMILES string of the molecule is Nc1ccc(Sc2ccncc2)cc1. The minimum absolute atomic E-state index is 0.795. The molecule has 0 bridgehead atoms. The van der Waals surface area contributed by atoms with Gasteiger partial charge in [-0.25, -0.2) is 0 Å². The lowest BCUT2D eigenvalue weighted by Gasteiger charge is -2.00. The number of aromatic nitrogens is 1. The van der Waals surface area contributed by atoms with E-state index in [0.29, 0.717) is 0 Å². The second-order valence-electron chi connectivity index (χ2n) is 2.85. The average molecular weight is 202 g/mol. The van der Waals surface area contributed by atoms with Crippen molar-refractivity contribution in [3.8, 4) is 0 Å². The standard InChI is InChI=1S/C11H10N2S/c12-9-1-3-10(4-2-9)14-11-5-7-13-8-6-11/h1-8H,12H2. The normalized spacial score (nSPS) is 10.0. The lowest BCUT2D eigenvalue weighted by molar-refractivity contribution is 1.26. The molecule has 0 fully saturated rings. The molecule has 2 rings (SSSR count). The van der Waals surface area contributed by atoms with Crippen LogP contribution >= 0.6 is 11.8 Å². The molecular weight excluding hydrogens is 192 g/mol. The predicted octanol–water partition coefficient (Wildman–Crippen LogP) is 2.82. The number of nitrogens with zero attached hydrogens (tertiary/aromatic N) is 1. The van der Waals surface area contributed by atoms with Crippen LogP contribution in [0.25, 0.3) is 0 Å². The Bertz CT molecular complexity index is 397. The third-order valence-corrected chi connectivity index (χ3v) is 2.78. The van der Waals surface area contributed by atoms with Crippen molar-refractivity contribution in [3.05, 3.63) is 48.8 Å². The molecule has 0 saturated carbocycles. The van der Waals surface area contributed by atoms with E-state index in [0.717, 1.165) is 5.69 Å². The maximum absolute atomic E-state index is 5.60. The van der Waals surface area contributed by atoms with Gasteiger partial charge in [-0.3, -0.25) is 4.98 Å². The van der Waals surface area contributed by atoms with Gasteiger partial charge in [0.2, 0.25) is 0 Å². The molecule has 0 aliphatic heterocycles. The van der Waals surface area contributed by atoms with E-state index in [9.17, 15) is 0 Å². The van der Waals surface area contributed by atoms with Crippen LogP contribution in [0.3, 0.4) is 0 Å². The van der Waals surface area contributed by atoms with Crippen LogP contribution in [0.2, 0.25) is 0 Å². The molecule has 2 aromatic rings. The Kier molecular flexibility index (Phi) is 2.70. The van der Waals surface area contributed by atoms with Crippen LogP contribution in [-0.4, -0.2) is 4.98 Å². The van der Waals surface area contributed by atoms with Crippen LogP contribution in [0.5, 0.6) is 0 Å². The lowest BCUT2D eigenvalue weighted by atomic mass is 10.3. The van der Waals surface area contributed by atoms with E-state index < -0.39 is 0 Å². The summed E-state index contributed by atoms with van der Waals surface area (Å²) < 4.78 is 0. The summed E-state index contributed by atoms with van der Waals surface area (Å²) in [4.78, 5) is 6.34. The Morgan fingerprint density at radius 3 is 2.07 bits per heavy atom. The number of rotatable bonds is 2. The molecule has 1 aromatic carbocycles. The Labute approximate surface area is 87.2 Å². The maximum atomic E-state index is 5.60. The molecule has 70 valence electrons. The molecule has 2 nitrogen and oxygen atoms in total. The second kappa shape index (κ2) is 4.15. The van der Waals surface area contributed by atoms with Crippen molar-refractivity contribution in [3.63, 3.8) is 0 Å². The van der Waals surface area contributed by atoms with Gasteiger partial charge in [-0.1, -0.05) is 11.8 Å². The maximum Gasteiger partial charge on any atom is 0.0314 e. The van der Waals surface area contributed by atoms with Crippen molar-refractivity contribution < 1.29 is 0 Å². The number of nitrogen functional groups attached to an aromatic ring is 1. The highest BCUT2D eigenvalue weighted by Gasteiger charge is 1.95. The van der Waals surface area contributed by atoms with Crippen molar-refractivity contribution in [2.45, 2.75) is 9.79 Å². The van der Waals surface area contributed by atoms with E-state index in [1.165, 1.54) is 9.79 Å². The molecule has 14 heavy (non-hydrogen) atoms. The molecule has 0 saturated heterocycles. The summed E-state index contributed by atoms with van der Waals surface area (Å²) in [5.74, 6) is 0. The van der Waals surface area contributed by atoms with E-state index in [1.54, 1.807) is 24.2 Å². The van der Waals surface area contributed by atoms with Gasteiger partial charge in [0.15, 0.2) is 0 Å². The highest BCUT2D eigenvalue weighted by molar-refractivity contribution is 7.99.